The third-order valence-electron chi connectivity index (χ3n) is 3.56. The Kier molecular flexibility index (Phi) is 5.16. The molecule has 1 aromatic carbocycles. The lowest BCUT2D eigenvalue weighted by molar-refractivity contribution is 0.608. The van der Waals surface area contributed by atoms with E-state index in [0.717, 1.165) is 12.8 Å². The van der Waals surface area contributed by atoms with Crippen LogP contribution in [0.4, 0.5) is 0 Å². The Morgan fingerprint density at radius 1 is 1.26 bits per heavy atom. The Morgan fingerprint density at radius 3 is 2.52 bits per heavy atom. The first-order valence-corrected chi connectivity index (χ1v) is 8.77. The van der Waals surface area contributed by atoms with Gasteiger partial charge in [-0.15, -0.1) is 0 Å². The molecule has 23 heavy (non-hydrogen) atoms. The standard InChI is InChI=1S/C18H16N2O2S/c1-3-4-10-16-11-15(17(13-19)20-2)12-18(23(16,21)22)14-8-6-5-7-9-14/h5-9,11-12H,3-4,10H2,1H3. The third-order valence-corrected chi connectivity index (χ3v) is 5.51. The van der Waals surface area contributed by atoms with Crippen molar-refractivity contribution in [1.29, 1.82) is 5.26 Å². The van der Waals surface area contributed by atoms with E-state index >= 15 is 0 Å². The molecule has 1 aromatic rings. The SMILES string of the molecule is [C-]#[N+]C(C#N)=C1C=C(CCCC)S(=O)(=O)C(c2ccccc2)=C1. The molecular weight excluding hydrogens is 308 g/mol. The molecule has 116 valence electrons. The highest BCUT2D eigenvalue weighted by Gasteiger charge is 2.28. The molecule has 1 heterocycles. The van der Waals surface area contributed by atoms with Gasteiger partial charge in [-0.25, -0.2) is 18.5 Å². The molecule has 0 fully saturated rings. The minimum Gasteiger partial charge on any atom is -0.226 e. The first-order valence-electron chi connectivity index (χ1n) is 7.29. The summed E-state index contributed by atoms with van der Waals surface area (Å²) in [4.78, 5) is 3.63. The predicted octanol–water partition coefficient (Wildman–Crippen LogP) is 4.23. The molecule has 0 saturated heterocycles. The van der Waals surface area contributed by atoms with E-state index in [9.17, 15) is 8.42 Å². The summed E-state index contributed by atoms with van der Waals surface area (Å²) in [6, 6.07) is 10.6. The van der Waals surface area contributed by atoms with Crippen LogP contribution in [0.5, 0.6) is 0 Å². The van der Waals surface area contributed by atoms with Gasteiger partial charge in [0.15, 0.2) is 0 Å². The number of rotatable bonds is 4. The number of hydrogen-bond acceptors (Lipinski definition) is 3. The average Bonchev–Trinajstić information content (AvgIpc) is 2.56. The first-order chi connectivity index (χ1) is 11.0. The van der Waals surface area contributed by atoms with Crippen molar-refractivity contribution in [2.45, 2.75) is 26.2 Å². The number of nitrogens with zero attached hydrogens (tertiary/aromatic N) is 2. The predicted molar refractivity (Wildman–Crippen MR) is 90.2 cm³/mol. The maximum absolute atomic E-state index is 12.8. The van der Waals surface area contributed by atoms with Gasteiger partial charge in [-0.1, -0.05) is 43.7 Å². The van der Waals surface area contributed by atoms with Gasteiger partial charge in [0, 0.05) is 4.91 Å². The van der Waals surface area contributed by atoms with Crippen LogP contribution in [0.15, 0.2) is 58.7 Å². The zero-order valence-corrected chi connectivity index (χ0v) is 13.6. The zero-order valence-electron chi connectivity index (χ0n) is 12.8. The van der Waals surface area contributed by atoms with Crippen molar-refractivity contribution in [1.82, 2.24) is 0 Å². The van der Waals surface area contributed by atoms with Crippen LogP contribution in [-0.2, 0) is 9.84 Å². The Labute approximate surface area is 136 Å². The number of hydrogen-bond donors (Lipinski definition) is 0. The highest BCUT2D eigenvalue weighted by atomic mass is 32.2. The topological polar surface area (TPSA) is 62.3 Å². The quantitative estimate of drug-likeness (QED) is 0.615. The lowest BCUT2D eigenvalue weighted by atomic mass is 10.1. The van der Waals surface area contributed by atoms with Crippen molar-refractivity contribution in [2.24, 2.45) is 0 Å². The van der Waals surface area contributed by atoms with Crippen molar-refractivity contribution in [3.8, 4) is 6.07 Å². The molecule has 0 saturated carbocycles. The molecule has 1 aliphatic rings. The molecule has 0 atom stereocenters. The zero-order chi connectivity index (χ0) is 16.9. The summed E-state index contributed by atoms with van der Waals surface area (Å²) in [5, 5.41) is 9.10. The van der Waals surface area contributed by atoms with Crippen molar-refractivity contribution in [3.63, 3.8) is 0 Å². The Morgan fingerprint density at radius 2 is 1.96 bits per heavy atom. The normalized spacial score (nSPS) is 18.2. The lowest BCUT2D eigenvalue weighted by Gasteiger charge is -2.18. The highest BCUT2D eigenvalue weighted by molar-refractivity contribution is 8.04. The van der Waals surface area contributed by atoms with Gasteiger partial charge in [0.05, 0.1) is 17.5 Å². The Balaban J connectivity index is 2.68. The van der Waals surface area contributed by atoms with Crippen LogP contribution < -0.4 is 0 Å². The summed E-state index contributed by atoms with van der Waals surface area (Å²) < 4.78 is 25.7. The molecule has 0 bridgehead atoms. The van der Waals surface area contributed by atoms with Gasteiger partial charge in [0.2, 0.25) is 9.84 Å². The molecule has 0 aromatic heterocycles. The van der Waals surface area contributed by atoms with Crippen LogP contribution in [0.1, 0.15) is 31.7 Å². The Bertz CT molecular complexity index is 861. The third kappa shape index (κ3) is 3.41. The van der Waals surface area contributed by atoms with Crippen LogP contribution >= 0.6 is 0 Å². The average molecular weight is 324 g/mol. The molecular formula is C18H16N2O2S. The number of nitriles is 1. The van der Waals surface area contributed by atoms with Crippen LogP contribution in [0, 0.1) is 17.9 Å². The van der Waals surface area contributed by atoms with E-state index < -0.39 is 9.84 Å². The molecule has 0 spiro atoms. The van der Waals surface area contributed by atoms with E-state index in [4.69, 9.17) is 11.8 Å². The molecule has 0 unspecified atom stereocenters. The second-order valence-corrected chi connectivity index (χ2v) is 7.09. The number of benzene rings is 1. The summed E-state index contributed by atoms with van der Waals surface area (Å²) in [6.07, 6.45) is 4.90. The molecule has 0 radical (unpaired) electrons. The maximum atomic E-state index is 12.8. The highest BCUT2D eigenvalue weighted by Crippen LogP contribution is 2.36. The van der Waals surface area contributed by atoms with E-state index in [1.54, 1.807) is 24.3 Å². The second-order valence-electron chi connectivity index (χ2n) is 5.12. The Hall–Kier alpha value is -2.63. The van der Waals surface area contributed by atoms with Gasteiger partial charge < -0.3 is 0 Å². The van der Waals surface area contributed by atoms with Crippen molar-refractivity contribution in [2.75, 3.05) is 0 Å². The van der Waals surface area contributed by atoms with Gasteiger partial charge in [0.1, 0.15) is 0 Å². The molecule has 0 N–H and O–H groups in total. The van der Waals surface area contributed by atoms with Crippen LogP contribution in [-0.4, -0.2) is 8.42 Å². The van der Waals surface area contributed by atoms with E-state index in [2.05, 4.69) is 4.85 Å². The van der Waals surface area contributed by atoms with Gasteiger partial charge in [-0.2, -0.15) is 0 Å². The number of unbranched alkanes of at least 4 members (excludes halogenated alkanes) is 1. The van der Waals surface area contributed by atoms with Crippen LogP contribution in [0.2, 0.25) is 0 Å². The molecule has 0 aliphatic carbocycles. The smallest absolute Gasteiger partial charge is 0.226 e. The lowest BCUT2D eigenvalue weighted by Crippen LogP contribution is -2.11. The summed E-state index contributed by atoms with van der Waals surface area (Å²) in [6.45, 7) is 9.09. The van der Waals surface area contributed by atoms with Crippen molar-refractivity contribution >= 4 is 14.7 Å². The van der Waals surface area contributed by atoms with Gasteiger partial charge in [-0.05, 0) is 36.1 Å². The fourth-order valence-electron chi connectivity index (χ4n) is 2.34. The number of sulfone groups is 1. The van der Waals surface area contributed by atoms with E-state index in [1.165, 1.54) is 12.2 Å². The second kappa shape index (κ2) is 7.09. The van der Waals surface area contributed by atoms with Crippen LogP contribution in [0.25, 0.3) is 9.75 Å². The van der Waals surface area contributed by atoms with E-state index in [-0.39, 0.29) is 15.5 Å². The van der Waals surface area contributed by atoms with Crippen molar-refractivity contribution in [3.05, 3.63) is 75.6 Å². The maximum Gasteiger partial charge on any atom is 0.269 e. The fraction of sp³-hybridized carbons (Fsp3) is 0.222. The minimum atomic E-state index is -3.60. The summed E-state index contributed by atoms with van der Waals surface area (Å²) in [5.41, 5.74) is 0.832. The molecule has 2 rings (SSSR count). The number of allylic oxidation sites excluding steroid dienone is 5. The molecule has 4 nitrogen and oxygen atoms in total. The summed E-state index contributed by atoms with van der Waals surface area (Å²) in [5.74, 6) is 0. The van der Waals surface area contributed by atoms with Crippen molar-refractivity contribution < 1.29 is 8.42 Å². The van der Waals surface area contributed by atoms with Crippen LogP contribution in [0.3, 0.4) is 0 Å². The first kappa shape index (κ1) is 16.7. The summed E-state index contributed by atoms with van der Waals surface area (Å²) in [7, 11) is -3.60. The fourth-order valence-corrected chi connectivity index (χ4v) is 4.05. The minimum absolute atomic E-state index is 0.0951. The molecule has 1 aliphatic heterocycles. The van der Waals surface area contributed by atoms with Gasteiger partial charge in [-0.3, -0.25) is 0 Å². The van der Waals surface area contributed by atoms with E-state index in [1.807, 2.05) is 19.1 Å². The largest absolute Gasteiger partial charge is 0.269 e. The van der Waals surface area contributed by atoms with E-state index in [0.29, 0.717) is 17.6 Å². The van der Waals surface area contributed by atoms with Gasteiger partial charge in [0.25, 0.3) is 5.70 Å². The molecule has 5 heteroatoms. The monoisotopic (exact) mass is 324 g/mol. The molecule has 0 amide bonds. The summed E-state index contributed by atoms with van der Waals surface area (Å²) >= 11 is 0. The van der Waals surface area contributed by atoms with Gasteiger partial charge >= 0.3 is 0 Å².